The second-order valence-electron chi connectivity index (χ2n) is 8.84. The van der Waals surface area contributed by atoms with Crippen molar-refractivity contribution in [2.75, 3.05) is 26.3 Å². The van der Waals surface area contributed by atoms with E-state index in [2.05, 4.69) is 20.4 Å². The second-order valence-corrected chi connectivity index (χ2v) is 8.84. The molecule has 1 aliphatic rings. The van der Waals surface area contributed by atoms with Crippen LogP contribution in [0, 0.1) is 0 Å². The summed E-state index contributed by atoms with van der Waals surface area (Å²) in [5, 5.41) is 5.83. The van der Waals surface area contributed by atoms with E-state index in [0.717, 1.165) is 4.68 Å². The molecule has 0 spiro atoms. The molecule has 4 rings (SSSR count). The van der Waals surface area contributed by atoms with Crippen molar-refractivity contribution in [3.05, 3.63) is 70.4 Å². The molecule has 1 aliphatic heterocycles. The molecule has 2 amide bonds. The van der Waals surface area contributed by atoms with E-state index >= 15 is 0 Å². The molecule has 1 atom stereocenters. The molecule has 41 heavy (non-hydrogen) atoms. The quantitative estimate of drug-likeness (QED) is 0.420. The van der Waals surface area contributed by atoms with Gasteiger partial charge in [0.25, 0.3) is 18.2 Å². The number of carbonyl (C=O) groups excluding carboxylic acids is 2. The predicted molar refractivity (Wildman–Crippen MR) is 123 cm³/mol. The van der Waals surface area contributed by atoms with Crippen molar-refractivity contribution < 1.29 is 49.4 Å². The molecule has 1 unspecified atom stereocenters. The highest BCUT2D eigenvalue weighted by Gasteiger charge is 2.38. The summed E-state index contributed by atoms with van der Waals surface area (Å²) in [6.45, 7) is 2.65. The van der Waals surface area contributed by atoms with Gasteiger partial charge in [-0.2, -0.15) is 31.0 Å². The lowest BCUT2D eigenvalue weighted by molar-refractivity contribution is -0.143. The Balaban J connectivity index is 1.62. The zero-order valence-electron chi connectivity index (χ0n) is 20.9. The van der Waals surface area contributed by atoms with Gasteiger partial charge in [0, 0.05) is 24.8 Å². The van der Waals surface area contributed by atoms with Crippen LogP contribution in [0.2, 0.25) is 0 Å². The summed E-state index contributed by atoms with van der Waals surface area (Å²) in [6.07, 6.45) is -12.4. The van der Waals surface area contributed by atoms with Crippen molar-refractivity contribution in [3.8, 4) is 5.82 Å². The van der Waals surface area contributed by atoms with Gasteiger partial charge in [-0.3, -0.25) is 9.59 Å². The topological polar surface area (TPSA) is 102 Å². The lowest BCUT2D eigenvalue weighted by Crippen LogP contribution is -2.40. The van der Waals surface area contributed by atoms with Crippen molar-refractivity contribution in [2.24, 2.45) is 0 Å². The highest BCUT2D eigenvalue weighted by atomic mass is 19.4. The third-order valence-electron chi connectivity index (χ3n) is 5.94. The largest absolute Gasteiger partial charge is 0.416 e. The maximum absolute atomic E-state index is 13.4. The highest BCUT2D eigenvalue weighted by Crippen LogP contribution is 2.36. The van der Waals surface area contributed by atoms with Crippen molar-refractivity contribution >= 4 is 11.8 Å². The number of aromatic nitrogens is 4. The summed E-state index contributed by atoms with van der Waals surface area (Å²) in [6, 6.07) is 1.63. The first-order valence-corrected chi connectivity index (χ1v) is 11.8. The Bertz CT molecular complexity index is 1380. The number of hydrogen-bond acceptors (Lipinski definition) is 6. The zero-order chi connectivity index (χ0) is 30.1. The van der Waals surface area contributed by atoms with Gasteiger partial charge in [0.05, 0.1) is 35.9 Å². The first kappa shape index (κ1) is 29.8. The summed E-state index contributed by atoms with van der Waals surface area (Å²) < 4.78 is 112. The molecule has 1 aromatic carbocycles. The number of ether oxygens (including phenoxy) is 1. The maximum Gasteiger partial charge on any atom is 0.416 e. The summed E-state index contributed by atoms with van der Waals surface area (Å²) in [5.41, 5.74) is -4.20. The molecular weight excluding hydrogens is 572 g/mol. The van der Waals surface area contributed by atoms with E-state index in [-0.39, 0.29) is 41.3 Å². The molecule has 3 heterocycles. The Morgan fingerprint density at radius 2 is 1.56 bits per heavy atom. The zero-order valence-corrected chi connectivity index (χ0v) is 20.9. The summed E-state index contributed by atoms with van der Waals surface area (Å²) in [7, 11) is 0. The number of rotatable bonds is 6. The van der Waals surface area contributed by atoms with E-state index in [4.69, 9.17) is 4.74 Å². The van der Waals surface area contributed by atoms with Crippen molar-refractivity contribution in [2.45, 2.75) is 31.7 Å². The van der Waals surface area contributed by atoms with E-state index in [1.165, 1.54) is 30.2 Å². The van der Waals surface area contributed by atoms with E-state index in [1.807, 2.05) is 0 Å². The predicted octanol–water partition coefficient (Wildman–Crippen LogP) is 4.60. The average molecular weight is 592 g/mol. The van der Waals surface area contributed by atoms with Crippen LogP contribution in [-0.2, 0) is 17.1 Å². The van der Waals surface area contributed by atoms with Gasteiger partial charge in [-0.1, -0.05) is 0 Å². The molecule has 1 saturated heterocycles. The fourth-order valence-corrected chi connectivity index (χ4v) is 3.90. The monoisotopic (exact) mass is 592 g/mol. The van der Waals surface area contributed by atoms with Crippen LogP contribution in [0.15, 0.2) is 36.5 Å². The number of carbonyl (C=O) groups is 2. The van der Waals surface area contributed by atoms with Gasteiger partial charge in [0.1, 0.15) is 0 Å². The number of alkyl halides is 8. The number of nitrogens with one attached hydrogen (secondary N) is 1. The van der Waals surface area contributed by atoms with Gasteiger partial charge in [0.2, 0.25) is 5.82 Å². The molecule has 3 aromatic rings. The molecule has 1 fully saturated rings. The first-order valence-electron chi connectivity index (χ1n) is 11.8. The Labute approximate surface area is 226 Å². The van der Waals surface area contributed by atoms with Crippen molar-refractivity contribution in [1.82, 2.24) is 30.0 Å². The van der Waals surface area contributed by atoms with Crippen molar-refractivity contribution in [3.63, 3.8) is 0 Å². The minimum atomic E-state index is -5.19. The van der Waals surface area contributed by atoms with Gasteiger partial charge in [-0.25, -0.2) is 18.7 Å². The lowest BCUT2D eigenvalue weighted by Gasteiger charge is -2.26. The van der Waals surface area contributed by atoms with Crippen LogP contribution >= 0.6 is 0 Å². The lowest BCUT2D eigenvalue weighted by atomic mass is 10.0. The molecule has 0 bridgehead atoms. The molecule has 0 aliphatic carbocycles. The number of amides is 2. The Morgan fingerprint density at radius 3 is 2.07 bits per heavy atom. The Morgan fingerprint density at radius 1 is 0.951 bits per heavy atom. The fourth-order valence-electron chi connectivity index (χ4n) is 3.90. The Kier molecular flexibility index (Phi) is 8.28. The third kappa shape index (κ3) is 6.78. The van der Waals surface area contributed by atoms with E-state index < -0.39 is 53.2 Å². The number of benzene rings is 1. The van der Waals surface area contributed by atoms with Crippen LogP contribution < -0.4 is 5.32 Å². The first-order chi connectivity index (χ1) is 19.1. The molecule has 220 valence electrons. The number of hydrogen-bond donors (Lipinski definition) is 1. The summed E-state index contributed by atoms with van der Waals surface area (Å²) >= 11 is 0. The van der Waals surface area contributed by atoms with Gasteiger partial charge < -0.3 is 15.0 Å². The number of pyridine rings is 1. The standard InChI is InChI=1S/C24H20F8N6O3/c1-12(34-21(39)14-8-15(23(27,28)29)10-16(9-14)24(30,31)32)20-35-19(18(25)26)36-38(20)17-3-2-13(11-33-17)22(40)37-4-6-41-7-5-37/h2-3,8-12,18H,4-7H2,1H3,(H,34,39). The van der Waals surface area contributed by atoms with Crippen LogP contribution in [-0.4, -0.2) is 62.8 Å². The number of nitrogens with zero attached hydrogens (tertiary/aromatic N) is 5. The average Bonchev–Trinajstić information content (AvgIpc) is 3.38. The van der Waals surface area contributed by atoms with Crippen LogP contribution in [0.5, 0.6) is 0 Å². The van der Waals surface area contributed by atoms with E-state index in [0.29, 0.717) is 26.3 Å². The molecule has 2 aromatic heterocycles. The van der Waals surface area contributed by atoms with E-state index in [1.54, 1.807) is 0 Å². The minimum Gasteiger partial charge on any atom is -0.378 e. The molecule has 1 N–H and O–H groups in total. The van der Waals surface area contributed by atoms with Crippen LogP contribution in [0.1, 0.15) is 62.9 Å². The minimum absolute atomic E-state index is 0.0996. The molecule has 0 radical (unpaired) electrons. The fraction of sp³-hybridized carbons (Fsp3) is 0.375. The van der Waals surface area contributed by atoms with Crippen LogP contribution in [0.4, 0.5) is 35.1 Å². The number of halogens is 8. The molecule has 9 nitrogen and oxygen atoms in total. The van der Waals surface area contributed by atoms with Crippen molar-refractivity contribution in [1.29, 1.82) is 0 Å². The SMILES string of the molecule is CC(NC(=O)c1cc(C(F)(F)F)cc(C(F)(F)F)c1)c1nc(C(F)F)nn1-c1ccc(C(=O)N2CCOCC2)cn1. The van der Waals surface area contributed by atoms with Crippen LogP contribution in [0.3, 0.4) is 0 Å². The second kappa shape index (κ2) is 11.4. The molecule has 17 heteroatoms. The normalized spacial score (nSPS) is 15.2. The molecule has 0 saturated carbocycles. The Hall–Kier alpha value is -4.15. The smallest absolute Gasteiger partial charge is 0.378 e. The highest BCUT2D eigenvalue weighted by molar-refractivity contribution is 5.95. The summed E-state index contributed by atoms with van der Waals surface area (Å²) in [5.74, 6) is -3.13. The van der Waals surface area contributed by atoms with Gasteiger partial charge >= 0.3 is 12.4 Å². The molecular formula is C24H20F8N6O3. The number of morpholine rings is 1. The van der Waals surface area contributed by atoms with Gasteiger partial charge in [-0.05, 0) is 37.3 Å². The summed E-state index contributed by atoms with van der Waals surface area (Å²) in [4.78, 5) is 34.7. The third-order valence-corrected chi connectivity index (χ3v) is 5.94. The van der Waals surface area contributed by atoms with Crippen LogP contribution in [0.25, 0.3) is 5.82 Å². The van der Waals surface area contributed by atoms with Gasteiger partial charge in [-0.15, -0.1) is 5.10 Å². The van der Waals surface area contributed by atoms with E-state index in [9.17, 15) is 44.7 Å². The maximum atomic E-state index is 13.4. The van der Waals surface area contributed by atoms with Gasteiger partial charge in [0.15, 0.2) is 11.6 Å².